The minimum atomic E-state index is -0.621. The van der Waals surface area contributed by atoms with Gasteiger partial charge in [0.15, 0.2) is 0 Å². The predicted molar refractivity (Wildman–Crippen MR) is 111 cm³/mol. The summed E-state index contributed by atoms with van der Waals surface area (Å²) in [5, 5.41) is 17.8. The number of carbonyl (C=O) groups is 1. The van der Waals surface area contributed by atoms with Gasteiger partial charge in [0.25, 0.3) is 5.91 Å². The molecule has 3 atom stereocenters. The molecule has 3 aromatic rings. The Kier molecular flexibility index (Phi) is 5.45. The van der Waals surface area contributed by atoms with Crippen molar-refractivity contribution in [1.29, 1.82) is 0 Å². The van der Waals surface area contributed by atoms with Gasteiger partial charge in [-0.05, 0) is 49.4 Å². The second-order valence-electron chi connectivity index (χ2n) is 7.78. The molecule has 0 aliphatic heterocycles. The molecule has 0 saturated heterocycles. The van der Waals surface area contributed by atoms with E-state index in [9.17, 15) is 9.90 Å². The van der Waals surface area contributed by atoms with E-state index in [4.69, 9.17) is 0 Å². The van der Waals surface area contributed by atoms with Crippen LogP contribution >= 0.6 is 0 Å². The standard InChI is InChI=1S/C23H26N4O2/c1-16(28)22-15-27(25-24-22)21-13-12-20(14-21)26(2)23(29)19-10-8-18(9-11-19)17-6-4-3-5-7-17/h3-11,15-16,20-21,28H,12-14H2,1-2H3/t16-,20-,21+/m0/s1. The maximum Gasteiger partial charge on any atom is 0.253 e. The highest BCUT2D eigenvalue weighted by Gasteiger charge is 2.32. The number of hydrogen-bond donors (Lipinski definition) is 1. The van der Waals surface area contributed by atoms with Crippen LogP contribution in [0.1, 0.15) is 54.4 Å². The molecule has 1 heterocycles. The summed E-state index contributed by atoms with van der Waals surface area (Å²) in [6.07, 6.45) is 3.90. The highest BCUT2D eigenvalue weighted by molar-refractivity contribution is 5.94. The second kappa shape index (κ2) is 8.17. The van der Waals surface area contributed by atoms with Crippen LogP contribution in [0.15, 0.2) is 60.8 Å². The maximum absolute atomic E-state index is 13.0. The van der Waals surface area contributed by atoms with Crippen LogP contribution in [0.4, 0.5) is 0 Å². The van der Waals surface area contributed by atoms with Crippen molar-refractivity contribution in [2.24, 2.45) is 0 Å². The van der Waals surface area contributed by atoms with Gasteiger partial charge in [-0.3, -0.25) is 4.79 Å². The molecule has 4 rings (SSSR count). The van der Waals surface area contributed by atoms with Gasteiger partial charge in [-0.1, -0.05) is 47.7 Å². The summed E-state index contributed by atoms with van der Waals surface area (Å²) in [6, 6.07) is 18.3. The third-order valence-electron chi connectivity index (χ3n) is 5.81. The van der Waals surface area contributed by atoms with Gasteiger partial charge in [-0.2, -0.15) is 0 Å². The van der Waals surface area contributed by atoms with Crippen LogP contribution in [0, 0.1) is 0 Å². The molecule has 1 aliphatic rings. The lowest BCUT2D eigenvalue weighted by Crippen LogP contribution is -2.35. The largest absolute Gasteiger partial charge is 0.387 e. The fourth-order valence-corrected chi connectivity index (χ4v) is 3.99. The van der Waals surface area contributed by atoms with E-state index in [0.717, 1.165) is 30.4 Å². The lowest BCUT2D eigenvalue weighted by atomic mass is 10.0. The molecule has 0 bridgehead atoms. The van der Waals surface area contributed by atoms with Gasteiger partial charge in [0.2, 0.25) is 0 Å². The summed E-state index contributed by atoms with van der Waals surface area (Å²) in [6.45, 7) is 1.68. The number of rotatable bonds is 5. The molecule has 0 unspecified atom stereocenters. The first-order valence-electron chi connectivity index (χ1n) is 10.1. The van der Waals surface area contributed by atoms with Crippen molar-refractivity contribution in [3.05, 3.63) is 72.1 Å². The Balaban J connectivity index is 1.41. The molecular weight excluding hydrogens is 364 g/mol. The summed E-state index contributed by atoms with van der Waals surface area (Å²) >= 11 is 0. The number of aliphatic hydroxyl groups is 1. The number of aliphatic hydroxyl groups excluding tert-OH is 1. The molecule has 0 spiro atoms. The van der Waals surface area contributed by atoms with E-state index >= 15 is 0 Å². The number of carbonyl (C=O) groups excluding carboxylic acids is 1. The molecule has 1 aromatic heterocycles. The maximum atomic E-state index is 13.0. The summed E-state index contributed by atoms with van der Waals surface area (Å²) < 4.78 is 1.83. The quantitative estimate of drug-likeness (QED) is 0.718. The van der Waals surface area contributed by atoms with Crippen LogP contribution in [0.25, 0.3) is 11.1 Å². The van der Waals surface area contributed by atoms with Crippen molar-refractivity contribution in [2.45, 2.75) is 44.4 Å². The van der Waals surface area contributed by atoms with Crippen LogP contribution in [-0.2, 0) is 0 Å². The number of aromatic nitrogens is 3. The zero-order chi connectivity index (χ0) is 20.4. The number of hydrogen-bond acceptors (Lipinski definition) is 4. The van der Waals surface area contributed by atoms with Gasteiger partial charge in [0.05, 0.1) is 18.3 Å². The van der Waals surface area contributed by atoms with E-state index in [1.165, 1.54) is 0 Å². The zero-order valence-electron chi connectivity index (χ0n) is 16.8. The minimum Gasteiger partial charge on any atom is -0.387 e. The van der Waals surface area contributed by atoms with E-state index in [1.54, 1.807) is 6.92 Å². The first-order chi connectivity index (χ1) is 14.0. The summed E-state index contributed by atoms with van der Waals surface area (Å²) in [4.78, 5) is 14.8. The molecule has 6 nitrogen and oxygen atoms in total. The Morgan fingerprint density at radius 1 is 1.10 bits per heavy atom. The molecule has 1 amide bonds. The van der Waals surface area contributed by atoms with Gasteiger partial charge in [0.1, 0.15) is 5.69 Å². The average molecular weight is 390 g/mol. The smallest absolute Gasteiger partial charge is 0.253 e. The Bertz CT molecular complexity index is 966. The summed E-state index contributed by atoms with van der Waals surface area (Å²) in [5.74, 6) is 0.0403. The molecule has 1 N–H and O–H groups in total. The van der Waals surface area contributed by atoms with E-state index in [-0.39, 0.29) is 18.0 Å². The highest BCUT2D eigenvalue weighted by atomic mass is 16.3. The van der Waals surface area contributed by atoms with E-state index < -0.39 is 6.10 Å². The van der Waals surface area contributed by atoms with Crippen molar-refractivity contribution in [2.75, 3.05) is 7.05 Å². The molecule has 1 aliphatic carbocycles. The van der Waals surface area contributed by atoms with E-state index in [0.29, 0.717) is 11.3 Å². The van der Waals surface area contributed by atoms with Gasteiger partial charge in [-0.25, -0.2) is 4.68 Å². The summed E-state index contributed by atoms with van der Waals surface area (Å²) in [5.41, 5.74) is 3.53. The van der Waals surface area contributed by atoms with Crippen LogP contribution in [-0.4, -0.2) is 44.0 Å². The fourth-order valence-electron chi connectivity index (χ4n) is 3.99. The topological polar surface area (TPSA) is 71.2 Å². The molecule has 6 heteroatoms. The first-order valence-corrected chi connectivity index (χ1v) is 10.1. The van der Waals surface area contributed by atoms with Crippen molar-refractivity contribution in [3.63, 3.8) is 0 Å². The van der Waals surface area contributed by atoms with Gasteiger partial charge in [-0.15, -0.1) is 5.10 Å². The van der Waals surface area contributed by atoms with Crippen LogP contribution in [0.2, 0.25) is 0 Å². The monoisotopic (exact) mass is 390 g/mol. The Hall–Kier alpha value is -2.99. The van der Waals surface area contributed by atoms with Gasteiger partial charge >= 0.3 is 0 Å². The molecular formula is C23H26N4O2. The van der Waals surface area contributed by atoms with Gasteiger partial charge in [0, 0.05) is 18.7 Å². The van der Waals surface area contributed by atoms with E-state index in [2.05, 4.69) is 22.4 Å². The average Bonchev–Trinajstić information content (AvgIpc) is 3.43. The zero-order valence-corrected chi connectivity index (χ0v) is 16.8. The van der Waals surface area contributed by atoms with Crippen molar-refractivity contribution in [3.8, 4) is 11.1 Å². The fraction of sp³-hybridized carbons (Fsp3) is 0.348. The molecule has 1 fully saturated rings. The third-order valence-corrected chi connectivity index (χ3v) is 5.81. The number of benzene rings is 2. The van der Waals surface area contributed by atoms with Crippen molar-refractivity contribution in [1.82, 2.24) is 19.9 Å². The SMILES string of the molecule is C[C@H](O)c1cn([C@@H]2CC[C@H](N(C)C(=O)c3ccc(-c4ccccc4)cc3)C2)nn1. The molecule has 0 radical (unpaired) electrons. The van der Waals surface area contributed by atoms with Crippen LogP contribution in [0.5, 0.6) is 0 Å². The van der Waals surface area contributed by atoms with Crippen molar-refractivity contribution < 1.29 is 9.90 Å². The Labute approximate surface area is 170 Å². The summed E-state index contributed by atoms with van der Waals surface area (Å²) in [7, 11) is 1.88. The first kappa shape index (κ1) is 19.3. The highest BCUT2D eigenvalue weighted by Crippen LogP contribution is 2.33. The lowest BCUT2D eigenvalue weighted by Gasteiger charge is -2.25. The molecule has 2 aromatic carbocycles. The van der Waals surface area contributed by atoms with Gasteiger partial charge < -0.3 is 10.0 Å². The molecule has 150 valence electrons. The normalized spacial score (nSPS) is 19.8. The molecule has 29 heavy (non-hydrogen) atoms. The third kappa shape index (κ3) is 4.07. The Morgan fingerprint density at radius 3 is 2.45 bits per heavy atom. The van der Waals surface area contributed by atoms with E-state index in [1.807, 2.05) is 65.3 Å². The van der Waals surface area contributed by atoms with Crippen molar-refractivity contribution >= 4 is 5.91 Å². The number of amides is 1. The lowest BCUT2D eigenvalue weighted by molar-refractivity contribution is 0.0732. The predicted octanol–water partition coefficient (Wildman–Crippen LogP) is 3.86. The van der Waals surface area contributed by atoms with Crippen LogP contribution < -0.4 is 0 Å². The second-order valence-corrected chi connectivity index (χ2v) is 7.78. The molecule has 1 saturated carbocycles. The number of nitrogens with zero attached hydrogens (tertiary/aromatic N) is 4. The minimum absolute atomic E-state index is 0.0403. The Morgan fingerprint density at radius 2 is 1.79 bits per heavy atom. The van der Waals surface area contributed by atoms with Crippen LogP contribution in [0.3, 0.4) is 0 Å².